The summed E-state index contributed by atoms with van der Waals surface area (Å²) in [6, 6.07) is 7.45. The monoisotopic (exact) mass is 325 g/mol. The lowest BCUT2D eigenvalue weighted by Crippen LogP contribution is -2.42. The first-order valence-electron chi connectivity index (χ1n) is 6.96. The standard InChI is InChI=1S/C15H24BrN3/c1-17-11-12-4-5-14(10-15(12)16)19-8-6-13(7-9-19)18(2)3/h4-5,10,13,17H,6-9,11H2,1-3H3. The molecule has 1 N–H and O–H groups in total. The topological polar surface area (TPSA) is 18.5 Å². The van der Waals surface area contributed by atoms with Crippen molar-refractivity contribution in [1.29, 1.82) is 0 Å². The molecule has 0 amide bonds. The molecule has 0 bridgehead atoms. The first-order valence-corrected chi connectivity index (χ1v) is 7.75. The van der Waals surface area contributed by atoms with Crippen molar-refractivity contribution in [2.24, 2.45) is 0 Å². The molecule has 1 aromatic carbocycles. The Labute approximate surface area is 125 Å². The van der Waals surface area contributed by atoms with Gasteiger partial charge in [0.05, 0.1) is 0 Å². The molecule has 4 heteroatoms. The third-order valence-corrected chi connectivity index (χ3v) is 4.70. The minimum Gasteiger partial charge on any atom is -0.371 e. The van der Waals surface area contributed by atoms with Gasteiger partial charge in [0, 0.05) is 35.8 Å². The lowest BCUT2D eigenvalue weighted by Gasteiger charge is -2.36. The highest BCUT2D eigenvalue weighted by Crippen LogP contribution is 2.27. The minimum atomic E-state index is 0.739. The molecule has 1 aromatic rings. The fourth-order valence-electron chi connectivity index (χ4n) is 2.71. The predicted molar refractivity (Wildman–Crippen MR) is 85.8 cm³/mol. The molecule has 0 unspecified atom stereocenters. The number of nitrogens with one attached hydrogen (secondary N) is 1. The smallest absolute Gasteiger partial charge is 0.0377 e. The quantitative estimate of drug-likeness (QED) is 0.918. The van der Waals surface area contributed by atoms with Gasteiger partial charge in [-0.1, -0.05) is 22.0 Å². The zero-order valence-electron chi connectivity index (χ0n) is 12.1. The summed E-state index contributed by atoms with van der Waals surface area (Å²) in [5.74, 6) is 0. The Morgan fingerprint density at radius 3 is 2.53 bits per heavy atom. The van der Waals surface area contributed by atoms with Crippen molar-refractivity contribution in [3.63, 3.8) is 0 Å². The highest BCUT2D eigenvalue weighted by molar-refractivity contribution is 9.10. The van der Waals surface area contributed by atoms with Gasteiger partial charge in [0.15, 0.2) is 0 Å². The summed E-state index contributed by atoms with van der Waals surface area (Å²) in [7, 11) is 6.35. The number of nitrogens with zero attached hydrogens (tertiary/aromatic N) is 2. The molecule has 0 spiro atoms. The molecule has 0 aromatic heterocycles. The average Bonchev–Trinajstić information content (AvgIpc) is 2.41. The Morgan fingerprint density at radius 2 is 2.00 bits per heavy atom. The summed E-state index contributed by atoms with van der Waals surface area (Å²) >= 11 is 3.67. The number of rotatable bonds is 4. The van der Waals surface area contributed by atoms with Gasteiger partial charge in [-0.05, 0) is 51.7 Å². The van der Waals surface area contributed by atoms with Gasteiger partial charge in [0.1, 0.15) is 0 Å². The Bertz CT molecular complexity index is 412. The van der Waals surface area contributed by atoms with Gasteiger partial charge in [0.2, 0.25) is 0 Å². The van der Waals surface area contributed by atoms with Crippen LogP contribution in [0.3, 0.4) is 0 Å². The predicted octanol–water partition coefficient (Wildman–Crippen LogP) is 2.70. The first kappa shape index (κ1) is 14.8. The van der Waals surface area contributed by atoms with Crippen LogP contribution in [0, 0.1) is 0 Å². The SMILES string of the molecule is CNCc1ccc(N2CCC(N(C)C)CC2)cc1Br. The number of anilines is 1. The number of hydrogen-bond donors (Lipinski definition) is 1. The average molecular weight is 326 g/mol. The minimum absolute atomic E-state index is 0.739. The molecule has 19 heavy (non-hydrogen) atoms. The van der Waals surface area contributed by atoms with Crippen LogP contribution in [0.1, 0.15) is 18.4 Å². The van der Waals surface area contributed by atoms with Crippen molar-refractivity contribution in [2.75, 3.05) is 39.1 Å². The Balaban J connectivity index is 2.01. The lowest BCUT2D eigenvalue weighted by atomic mass is 10.0. The van der Waals surface area contributed by atoms with Crippen LogP contribution in [-0.2, 0) is 6.54 Å². The molecule has 1 heterocycles. The van der Waals surface area contributed by atoms with E-state index in [1.807, 2.05) is 7.05 Å². The highest BCUT2D eigenvalue weighted by Gasteiger charge is 2.20. The van der Waals surface area contributed by atoms with Gasteiger partial charge < -0.3 is 15.1 Å². The van der Waals surface area contributed by atoms with Crippen LogP contribution in [-0.4, -0.2) is 45.2 Å². The van der Waals surface area contributed by atoms with Crippen LogP contribution < -0.4 is 10.2 Å². The van der Waals surface area contributed by atoms with E-state index in [1.54, 1.807) is 0 Å². The van der Waals surface area contributed by atoms with Crippen molar-refractivity contribution in [1.82, 2.24) is 10.2 Å². The second-order valence-corrected chi connectivity index (χ2v) is 6.34. The molecule has 1 fully saturated rings. The number of piperidine rings is 1. The maximum atomic E-state index is 3.67. The van der Waals surface area contributed by atoms with Crippen LogP contribution in [0.5, 0.6) is 0 Å². The molecule has 106 valence electrons. The molecular weight excluding hydrogens is 302 g/mol. The fourth-order valence-corrected chi connectivity index (χ4v) is 3.21. The van der Waals surface area contributed by atoms with E-state index >= 15 is 0 Å². The summed E-state index contributed by atoms with van der Waals surface area (Å²) < 4.78 is 1.20. The Kier molecular flexibility index (Phi) is 5.25. The van der Waals surface area contributed by atoms with Gasteiger partial charge in [-0.25, -0.2) is 0 Å². The Hall–Kier alpha value is -0.580. The van der Waals surface area contributed by atoms with Crippen LogP contribution in [0.25, 0.3) is 0 Å². The molecule has 1 aliphatic heterocycles. The maximum absolute atomic E-state index is 3.67. The van der Waals surface area contributed by atoms with Gasteiger partial charge in [-0.3, -0.25) is 0 Å². The summed E-state index contributed by atoms with van der Waals surface area (Å²) in [6.45, 7) is 3.21. The van der Waals surface area contributed by atoms with E-state index in [0.29, 0.717) is 0 Å². The largest absolute Gasteiger partial charge is 0.371 e. The van der Waals surface area contributed by atoms with Crippen molar-refractivity contribution >= 4 is 21.6 Å². The zero-order valence-corrected chi connectivity index (χ0v) is 13.7. The summed E-state index contributed by atoms with van der Waals surface area (Å²) in [5, 5.41) is 3.19. The van der Waals surface area contributed by atoms with E-state index in [-0.39, 0.29) is 0 Å². The highest BCUT2D eigenvalue weighted by atomic mass is 79.9. The van der Waals surface area contributed by atoms with Crippen LogP contribution in [0.15, 0.2) is 22.7 Å². The molecule has 0 radical (unpaired) electrons. The van der Waals surface area contributed by atoms with Crippen molar-refractivity contribution in [2.45, 2.75) is 25.4 Å². The number of benzene rings is 1. The summed E-state index contributed by atoms with van der Waals surface area (Å²) in [6.07, 6.45) is 2.51. The van der Waals surface area contributed by atoms with Crippen molar-refractivity contribution < 1.29 is 0 Å². The number of hydrogen-bond acceptors (Lipinski definition) is 3. The second kappa shape index (κ2) is 6.73. The van der Waals surface area contributed by atoms with Gasteiger partial charge in [0.25, 0.3) is 0 Å². The molecular formula is C15H24BrN3. The lowest BCUT2D eigenvalue weighted by molar-refractivity contribution is 0.249. The molecule has 0 aliphatic carbocycles. The van der Waals surface area contributed by atoms with Crippen molar-refractivity contribution in [3.8, 4) is 0 Å². The van der Waals surface area contributed by atoms with Crippen molar-refractivity contribution in [3.05, 3.63) is 28.2 Å². The van der Waals surface area contributed by atoms with Gasteiger partial charge >= 0.3 is 0 Å². The zero-order chi connectivity index (χ0) is 13.8. The van der Waals surface area contributed by atoms with E-state index in [9.17, 15) is 0 Å². The van der Waals surface area contributed by atoms with E-state index in [0.717, 1.165) is 25.7 Å². The first-order chi connectivity index (χ1) is 9.11. The summed E-state index contributed by atoms with van der Waals surface area (Å²) in [5.41, 5.74) is 2.65. The molecule has 2 rings (SSSR count). The second-order valence-electron chi connectivity index (χ2n) is 5.49. The maximum Gasteiger partial charge on any atom is 0.0377 e. The van der Waals surface area contributed by atoms with Crippen LogP contribution >= 0.6 is 15.9 Å². The molecule has 0 atom stereocenters. The fraction of sp³-hybridized carbons (Fsp3) is 0.600. The summed E-state index contributed by atoms with van der Waals surface area (Å²) in [4.78, 5) is 4.84. The molecule has 3 nitrogen and oxygen atoms in total. The molecule has 0 saturated carbocycles. The van der Waals surface area contributed by atoms with Gasteiger partial charge in [-0.2, -0.15) is 0 Å². The van der Waals surface area contributed by atoms with E-state index in [4.69, 9.17) is 0 Å². The van der Waals surface area contributed by atoms with E-state index < -0.39 is 0 Å². The van der Waals surface area contributed by atoms with E-state index in [2.05, 4.69) is 63.3 Å². The number of halogens is 1. The Morgan fingerprint density at radius 1 is 1.32 bits per heavy atom. The van der Waals surface area contributed by atoms with Gasteiger partial charge in [-0.15, -0.1) is 0 Å². The third-order valence-electron chi connectivity index (χ3n) is 3.96. The van der Waals surface area contributed by atoms with Crippen LogP contribution in [0.4, 0.5) is 5.69 Å². The molecule has 1 aliphatic rings. The van der Waals surface area contributed by atoms with Crippen LogP contribution in [0.2, 0.25) is 0 Å². The normalized spacial score (nSPS) is 17.2. The molecule has 1 saturated heterocycles. The third kappa shape index (κ3) is 3.71. The van der Waals surface area contributed by atoms with E-state index in [1.165, 1.54) is 28.6 Å².